The van der Waals surface area contributed by atoms with Crippen molar-refractivity contribution in [3.05, 3.63) is 76.8 Å². The van der Waals surface area contributed by atoms with Crippen LogP contribution in [-0.4, -0.2) is 43.4 Å². The highest BCUT2D eigenvalue weighted by Crippen LogP contribution is 2.33. The van der Waals surface area contributed by atoms with Gasteiger partial charge >= 0.3 is 5.97 Å². The van der Waals surface area contributed by atoms with Crippen molar-refractivity contribution in [3.8, 4) is 22.9 Å². The lowest BCUT2D eigenvalue weighted by Crippen LogP contribution is -2.04. The topological polar surface area (TPSA) is 138 Å². The van der Waals surface area contributed by atoms with Gasteiger partial charge in [0.15, 0.2) is 0 Å². The van der Waals surface area contributed by atoms with Gasteiger partial charge in [0.05, 0.1) is 23.9 Å². The predicted octanol–water partition coefficient (Wildman–Crippen LogP) is 3.87. The molecule has 5 rings (SSSR count). The van der Waals surface area contributed by atoms with Crippen LogP contribution in [-0.2, 0) is 13.2 Å². The molecular formula is C24H20N6O4S. The molecule has 0 amide bonds. The number of hydrogen-bond acceptors (Lipinski definition) is 9. The van der Waals surface area contributed by atoms with Crippen molar-refractivity contribution in [1.29, 1.82) is 0 Å². The van der Waals surface area contributed by atoms with Gasteiger partial charge in [0, 0.05) is 22.7 Å². The number of nitrogens with zero attached hydrogens (tertiary/aromatic N) is 5. The quantitative estimate of drug-likeness (QED) is 0.333. The van der Waals surface area contributed by atoms with Crippen molar-refractivity contribution in [2.45, 2.75) is 13.2 Å². The molecule has 3 aromatic heterocycles. The first-order chi connectivity index (χ1) is 17.0. The molecule has 0 radical (unpaired) electrons. The Morgan fingerprint density at radius 3 is 2.77 bits per heavy atom. The number of carboxylic acid groups (broad SMARTS) is 1. The van der Waals surface area contributed by atoms with E-state index in [1.807, 2.05) is 53.9 Å². The number of fused-ring (bicyclic) bond motifs is 1. The van der Waals surface area contributed by atoms with Gasteiger partial charge in [0.25, 0.3) is 0 Å². The lowest BCUT2D eigenvalue weighted by molar-refractivity contribution is 0.0699. The Morgan fingerprint density at radius 1 is 1.17 bits per heavy atom. The maximum atomic E-state index is 11.5. The SMILES string of the molecule is COc1ccc(Cn2nnc(-c3cccc(OCc4csc5c(C(=O)O)cnc(N)c45)c3)n2)cc1. The van der Waals surface area contributed by atoms with Crippen molar-refractivity contribution in [3.63, 3.8) is 0 Å². The van der Waals surface area contributed by atoms with Gasteiger partial charge in [-0.3, -0.25) is 0 Å². The van der Waals surface area contributed by atoms with E-state index in [1.165, 1.54) is 22.3 Å². The van der Waals surface area contributed by atoms with Crippen molar-refractivity contribution in [2.24, 2.45) is 0 Å². The van der Waals surface area contributed by atoms with E-state index < -0.39 is 5.97 Å². The molecule has 0 aliphatic carbocycles. The summed E-state index contributed by atoms with van der Waals surface area (Å²) < 4.78 is 11.7. The third kappa shape index (κ3) is 4.62. The second-order valence-corrected chi connectivity index (χ2v) is 8.52. The molecule has 176 valence electrons. The van der Waals surface area contributed by atoms with Crippen LogP contribution in [0.4, 0.5) is 5.82 Å². The molecule has 0 atom stereocenters. The number of carboxylic acids is 1. The number of tetrazole rings is 1. The summed E-state index contributed by atoms with van der Waals surface area (Å²) in [5, 5.41) is 24.6. The average Bonchev–Trinajstić information content (AvgIpc) is 3.51. The highest BCUT2D eigenvalue weighted by Gasteiger charge is 2.17. The zero-order valence-corrected chi connectivity index (χ0v) is 19.4. The van der Waals surface area contributed by atoms with E-state index in [0.29, 0.717) is 28.2 Å². The number of carbonyl (C=O) groups is 1. The van der Waals surface area contributed by atoms with Crippen molar-refractivity contribution >= 4 is 33.2 Å². The van der Waals surface area contributed by atoms with Crippen LogP contribution in [0.25, 0.3) is 21.5 Å². The van der Waals surface area contributed by atoms with Crippen LogP contribution in [0.1, 0.15) is 21.5 Å². The first-order valence-corrected chi connectivity index (χ1v) is 11.4. The summed E-state index contributed by atoms with van der Waals surface area (Å²) in [5.74, 6) is 1.10. The van der Waals surface area contributed by atoms with Gasteiger partial charge in [-0.1, -0.05) is 24.3 Å². The molecule has 3 N–H and O–H groups in total. The summed E-state index contributed by atoms with van der Waals surface area (Å²) in [6.45, 7) is 0.683. The number of benzene rings is 2. The summed E-state index contributed by atoms with van der Waals surface area (Å²) in [4.78, 5) is 17.0. The number of ether oxygens (including phenoxy) is 2. The zero-order valence-electron chi connectivity index (χ0n) is 18.6. The lowest BCUT2D eigenvalue weighted by atomic mass is 10.1. The van der Waals surface area contributed by atoms with Crippen LogP contribution >= 0.6 is 11.3 Å². The van der Waals surface area contributed by atoms with Crippen molar-refractivity contribution in [2.75, 3.05) is 12.8 Å². The molecule has 35 heavy (non-hydrogen) atoms. The molecule has 11 heteroatoms. The molecule has 5 aromatic rings. The van der Waals surface area contributed by atoms with Crippen LogP contribution < -0.4 is 15.2 Å². The summed E-state index contributed by atoms with van der Waals surface area (Å²) in [5.41, 5.74) is 8.70. The van der Waals surface area contributed by atoms with Gasteiger partial charge in [-0.05, 0) is 40.4 Å². The van der Waals surface area contributed by atoms with Crippen molar-refractivity contribution < 1.29 is 19.4 Å². The number of aromatic nitrogens is 5. The van der Waals surface area contributed by atoms with E-state index in [0.717, 1.165) is 22.4 Å². The molecule has 0 fully saturated rings. The second kappa shape index (κ2) is 9.39. The lowest BCUT2D eigenvalue weighted by Gasteiger charge is -2.08. The minimum Gasteiger partial charge on any atom is -0.497 e. The van der Waals surface area contributed by atoms with E-state index in [-0.39, 0.29) is 18.0 Å². The summed E-state index contributed by atoms with van der Waals surface area (Å²) in [6, 6.07) is 15.0. The fourth-order valence-electron chi connectivity index (χ4n) is 3.59. The summed E-state index contributed by atoms with van der Waals surface area (Å²) >= 11 is 1.30. The summed E-state index contributed by atoms with van der Waals surface area (Å²) in [7, 11) is 1.63. The maximum absolute atomic E-state index is 11.5. The number of thiophene rings is 1. The van der Waals surface area contributed by atoms with E-state index in [1.54, 1.807) is 7.11 Å². The zero-order chi connectivity index (χ0) is 24.4. The van der Waals surface area contributed by atoms with E-state index in [2.05, 4.69) is 20.4 Å². The van der Waals surface area contributed by atoms with Gasteiger partial charge in [-0.25, -0.2) is 9.78 Å². The monoisotopic (exact) mass is 488 g/mol. The van der Waals surface area contributed by atoms with Gasteiger partial charge in [0.2, 0.25) is 5.82 Å². The van der Waals surface area contributed by atoms with Gasteiger partial charge in [-0.15, -0.1) is 21.5 Å². The molecule has 0 aliphatic heterocycles. The average molecular weight is 489 g/mol. The molecule has 0 aliphatic rings. The van der Waals surface area contributed by atoms with E-state index in [9.17, 15) is 9.90 Å². The largest absolute Gasteiger partial charge is 0.497 e. The Hall–Kier alpha value is -4.51. The molecular weight excluding hydrogens is 468 g/mol. The Bertz CT molecular complexity index is 1510. The molecule has 3 heterocycles. The Morgan fingerprint density at radius 2 is 2.00 bits per heavy atom. The van der Waals surface area contributed by atoms with Crippen LogP contribution in [0.15, 0.2) is 60.1 Å². The molecule has 0 saturated heterocycles. The number of nitrogens with two attached hydrogens (primary N) is 1. The molecule has 0 unspecified atom stereocenters. The molecule has 0 saturated carbocycles. The fourth-order valence-corrected chi connectivity index (χ4v) is 4.66. The van der Waals surface area contributed by atoms with Crippen LogP contribution in [0, 0.1) is 0 Å². The number of hydrogen-bond donors (Lipinski definition) is 2. The highest BCUT2D eigenvalue weighted by molar-refractivity contribution is 7.17. The number of rotatable bonds is 8. The predicted molar refractivity (Wildman–Crippen MR) is 131 cm³/mol. The minimum atomic E-state index is -1.04. The molecule has 0 bridgehead atoms. The Labute approximate surface area is 203 Å². The van der Waals surface area contributed by atoms with E-state index in [4.69, 9.17) is 15.2 Å². The minimum absolute atomic E-state index is 0.122. The van der Waals surface area contributed by atoms with Gasteiger partial charge in [0.1, 0.15) is 23.9 Å². The fraction of sp³-hybridized carbons (Fsp3) is 0.125. The first-order valence-electron chi connectivity index (χ1n) is 10.5. The number of methoxy groups -OCH3 is 1. The van der Waals surface area contributed by atoms with Crippen LogP contribution in [0.5, 0.6) is 11.5 Å². The van der Waals surface area contributed by atoms with Gasteiger partial charge in [-0.2, -0.15) is 4.80 Å². The smallest absolute Gasteiger partial charge is 0.338 e. The highest BCUT2D eigenvalue weighted by atomic mass is 32.1. The molecule has 10 nitrogen and oxygen atoms in total. The third-order valence-corrected chi connectivity index (χ3v) is 6.42. The van der Waals surface area contributed by atoms with E-state index >= 15 is 0 Å². The first kappa shape index (κ1) is 22.3. The normalized spacial score (nSPS) is 11.0. The van der Waals surface area contributed by atoms with Crippen LogP contribution in [0.3, 0.4) is 0 Å². The number of pyridine rings is 1. The summed E-state index contributed by atoms with van der Waals surface area (Å²) in [6.07, 6.45) is 1.28. The maximum Gasteiger partial charge on any atom is 0.338 e. The van der Waals surface area contributed by atoms with Crippen molar-refractivity contribution in [1.82, 2.24) is 25.2 Å². The standard InChI is InChI=1S/C24H20N6O4S/c1-33-17-7-5-14(6-8-17)11-30-28-23(27-29-30)15-3-2-4-18(9-15)34-12-16-13-35-21-19(24(31)32)10-26-22(25)20(16)21/h2-10,13H,11-12H2,1H3,(H2,25,26)(H,31,32). The third-order valence-electron chi connectivity index (χ3n) is 5.35. The van der Waals surface area contributed by atoms with Gasteiger partial charge < -0.3 is 20.3 Å². The Kier molecular flexibility index (Phi) is 5.98. The molecule has 0 spiro atoms. The number of anilines is 1. The second-order valence-electron chi connectivity index (χ2n) is 7.64. The Balaban J connectivity index is 1.31. The van der Waals surface area contributed by atoms with Crippen LogP contribution in [0.2, 0.25) is 0 Å². The number of nitrogen functional groups attached to an aromatic ring is 1. The molecule has 2 aromatic carbocycles. The number of aromatic carboxylic acids is 1.